The molecule has 3 aromatic rings. The van der Waals surface area contributed by atoms with Gasteiger partial charge in [-0.05, 0) is 56.3 Å². The van der Waals surface area contributed by atoms with Gasteiger partial charge in [0.1, 0.15) is 17.6 Å². The SMILES string of the molecule is COC(=O)N[C@H](C(=O)N1[C@@H](C)CC[C@H]1c1nc2ccc3cc(OS(=O)(=O)C(F)(F)F)ccc3c2[nH]1)[C@@H](C)OC. The summed E-state index contributed by atoms with van der Waals surface area (Å²) in [6, 6.07) is 5.29. The summed E-state index contributed by atoms with van der Waals surface area (Å²) in [5.74, 6) is -0.378. The summed E-state index contributed by atoms with van der Waals surface area (Å²) in [5, 5.41) is 3.51. The maximum Gasteiger partial charge on any atom is 0.534 e. The van der Waals surface area contributed by atoms with Crippen LogP contribution in [0.1, 0.15) is 38.6 Å². The van der Waals surface area contributed by atoms with Gasteiger partial charge in [-0.3, -0.25) is 4.79 Å². The van der Waals surface area contributed by atoms with E-state index >= 15 is 0 Å². The van der Waals surface area contributed by atoms with Gasteiger partial charge < -0.3 is 28.9 Å². The van der Waals surface area contributed by atoms with E-state index in [2.05, 4.69) is 24.2 Å². The molecule has 0 spiro atoms. The number of nitrogens with one attached hydrogen (secondary N) is 2. The average molecular weight is 573 g/mol. The molecular formula is C24H27F3N4O7S. The number of benzene rings is 2. The maximum atomic E-state index is 13.6. The minimum atomic E-state index is -5.81. The zero-order chi connectivity index (χ0) is 28.7. The molecule has 2 amide bonds. The Bertz CT molecular complexity index is 1510. The van der Waals surface area contributed by atoms with E-state index in [4.69, 9.17) is 4.74 Å². The maximum absolute atomic E-state index is 13.6. The van der Waals surface area contributed by atoms with E-state index in [-0.39, 0.29) is 11.9 Å². The molecule has 1 saturated heterocycles. The van der Waals surface area contributed by atoms with Gasteiger partial charge in [-0.2, -0.15) is 21.6 Å². The van der Waals surface area contributed by atoms with E-state index < -0.39 is 45.7 Å². The van der Waals surface area contributed by atoms with Gasteiger partial charge in [-0.1, -0.05) is 6.07 Å². The number of rotatable bonds is 7. The number of fused-ring (bicyclic) bond motifs is 3. The van der Waals surface area contributed by atoms with Crippen LogP contribution in [-0.4, -0.2) is 73.2 Å². The first-order valence-corrected chi connectivity index (χ1v) is 13.3. The second kappa shape index (κ2) is 10.5. The van der Waals surface area contributed by atoms with E-state index in [0.29, 0.717) is 40.5 Å². The first-order chi connectivity index (χ1) is 18.3. The Morgan fingerprint density at radius 3 is 2.54 bits per heavy atom. The van der Waals surface area contributed by atoms with E-state index in [0.717, 1.165) is 6.07 Å². The van der Waals surface area contributed by atoms with Crippen LogP contribution in [-0.2, 0) is 24.4 Å². The van der Waals surface area contributed by atoms with Gasteiger partial charge in [0.25, 0.3) is 0 Å². The van der Waals surface area contributed by atoms with Crippen molar-refractivity contribution in [2.24, 2.45) is 0 Å². The van der Waals surface area contributed by atoms with Crippen LogP contribution in [0.25, 0.3) is 21.8 Å². The van der Waals surface area contributed by atoms with Crippen molar-refractivity contribution in [1.82, 2.24) is 20.2 Å². The largest absolute Gasteiger partial charge is 0.534 e. The topological polar surface area (TPSA) is 140 Å². The Balaban J connectivity index is 1.68. The monoisotopic (exact) mass is 572 g/mol. The molecule has 1 aromatic heterocycles. The lowest BCUT2D eigenvalue weighted by Crippen LogP contribution is -2.55. The molecule has 2 N–H and O–H groups in total. The number of hydrogen-bond acceptors (Lipinski definition) is 8. The number of alkyl halides is 3. The molecule has 1 aliphatic rings. The number of amides is 2. The zero-order valence-electron chi connectivity index (χ0n) is 21.4. The van der Waals surface area contributed by atoms with Crippen molar-refractivity contribution in [2.75, 3.05) is 14.2 Å². The van der Waals surface area contributed by atoms with Gasteiger partial charge in [-0.25, -0.2) is 9.78 Å². The fourth-order valence-corrected chi connectivity index (χ4v) is 5.13. The van der Waals surface area contributed by atoms with E-state index in [1.165, 1.54) is 26.4 Å². The Labute approximate surface area is 221 Å². The van der Waals surface area contributed by atoms with Crippen LogP contribution >= 0.6 is 0 Å². The molecule has 2 heterocycles. The lowest BCUT2D eigenvalue weighted by atomic mass is 10.1. The van der Waals surface area contributed by atoms with E-state index in [1.54, 1.807) is 24.0 Å². The summed E-state index contributed by atoms with van der Waals surface area (Å²) in [6.45, 7) is 3.54. The second-order valence-electron chi connectivity index (χ2n) is 9.19. The number of imidazole rings is 1. The molecule has 11 nitrogen and oxygen atoms in total. The molecule has 15 heteroatoms. The highest BCUT2D eigenvalue weighted by Crippen LogP contribution is 2.38. The molecule has 0 bridgehead atoms. The number of methoxy groups -OCH3 is 2. The summed E-state index contributed by atoms with van der Waals surface area (Å²) in [5.41, 5.74) is -4.47. The van der Waals surface area contributed by atoms with Crippen molar-refractivity contribution in [3.8, 4) is 5.75 Å². The molecule has 4 rings (SSSR count). The predicted molar refractivity (Wildman–Crippen MR) is 133 cm³/mol. The summed E-state index contributed by atoms with van der Waals surface area (Å²) >= 11 is 0. The third-order valence-electron chi connectivity index (χ3n) is 6.76. The molecule has 1 aliphatic heterocycles. The van der Waals surface area contributed by atoms with Crippen LogP contribution in [0.3, 0.4) is 0 Å². The van der Waals surface area contributed by atoms with Gasteiger partial charge in [-0.15, -0.1) is 0 Å². The van der Waals surface area contributed by atoms with Crippen LogP contribution in [0, 0.1) is 0 Å². The standard InChI is InChI=1S/C24H27F3N4O7S/c1-12-5-10-18(31(12)22(32)19(13(2)36-3)30-23(33)37-4)21-28-17-9-6-14-11-15(7-8-16(14)20(17)29-21)38-39(34,35)24(25,26)27/h6-9,11-13,18-19H,5,10H2,1-4H3,(H,28,29)(H,30,33)/t12-,13+,18-,19-/m0/s1. The smallest absolute Gasteiger partial charge is 0.453 e. The predicted octanol–water partition coefficient (Wildman–Crippen LogP) is 3.76. The number of carbonyl (C=O) groups excluding carboxylic acids is 2. The van der Waals surface area contributed by atoms with Crippen LogP contribution in [0.4, 0.5) is 18.0 Å². The first kappa shape index (κ1) is 28.4. The van der Waals surface area contributed by atoms with Crippen molar-refractivity contribution < 1.29 is 44.8 Å². The molecule has 0 saturated carbocycles. The van der Waals surface area contributed by atoms with Gasteiger partial charge in [0, 0.05) is 18.5 Å². The summed E-state index contributed by atoms with van der Waals surface area (Å²) in [7, 11) is -3.20. The van der Waals surface area contributed by atoms with Gasteiger partial charge in [0.05, 0.1) is 30.3 Å². The lowest BCUT2D eigenvalue weighted by Gasteiger charge is -2.33. The Morgan fingerprint density at radius 2 is 1.90 bits per heavy atom. The molecule has 0 radical (unpaired) electrons. The van der Waals surface area contributed by atoms with Crippen LogP contribution in [0.2, 0.25) is 0 Å². The second-order valence-corrected chi connectivity index (χ2v) is 10.7. The van der Waals surface area contributed by atoms with Crippen molar-refractivity contribution in [1.29, 1.82) is 0 Å². The van der Waals surface area contributed by atoms with Crippen molar-refractivity contribution >= 4 is 43.9 Å². The fourth-order valence-electron chi connectivity index (χ4n) is 4.68. The first-order valence-electron chi connectivity index (χ1n) is 11.9. The Morgan fingerprint density at radius 1 is 1.18 bits per heavy atom. The minimum absolute atomic E-state index is 0.172. The molecule has 4 atom stereocenters. The van der Waals surface area contributed by atoms with Gasteiger partial charge in [0.15, 0.2) is 0 Å². The van der Waals surface area contributed by atoms with Gasteiger partial charge >= 0.3 is 21.7 Å². The number of aromatic nitrogens is 2. The van der Waals surface area contributed by atoms with Crippen molar-refractivity contribution in [3.05, 3.63) is 36.2 Å². The zero-order valence-corrected chi connectivity index (χ0v) is 22.2. The Hall–Kier alpha value is -3.59. The molecule has 39 heavy (non-hydrogen) atoms. The highest BCUT2D eigenvalue weighted by atomic mass is 32.2. The van der Waals surface area contributed by atoms with E-state index in [1.807, 2.05) is 6.92 Å². The van der Waals surface area contributed by atoms with E-state index in [9.17, 15) is 31.2 Å². The Kier molecular flexibility index (Phi) is 7.67. The summed E-state index contributed by atoms with van der Waals surface area (Å²) in [6.07, 6.45) is -0.163. The quantitative estimate of drug-likeness (QED) is 0.322. The number of ether oxygens (including phenoxy) is 2. The molecule has 0 aliphatic carbocycles. The molecule has 0 unspecified atom stereocenters. The number of hydrogen-bond donors (Lipinski definition) is 2. The molecular weight excluding hydrogens is 545 g/mol. The fraction of sp³-hybridized carbons (Fsp3) is 0.458. The van der Waals surface area contributed by atoms with Crippen LogP contribution < -0.4 is 9.50 Å². The number of alkyl carbamates (subject to hydrolysis) is 1. The highest BCUT2D eigenvalue weighted by molar-refractivity contribution is 7.88. The summed E-state index contributed by atoms with van der Waals surface area (Å²) < 4.78 is 75.1. The number of carbonyl (C=O) groups is 2. The number of nitrogens with zero attached hydrogens (tertiary/aromatic N) is 2. The van der Waals surface area contributed by atoms with Crippen molar-refractivity contribution in [2.45, 2.75) is 56.4 Å². The molecule has 1 fully saturated rings. The average Bonchev–Trinajstić information content (AvgIpc) is 3.48. The number of aromatic amines is 1. The van der Waals surface area contributed by atoms with Crippen LogP contribution in [0.15, 0.2) is 30.3 Å². The normalized spacial score (nSPS) is 19.7. The number of halogens is 3. The third-order valence-corrected chi connectivity index (χ3v) is 7.74. The van der Waals surface area contributed by atoms with Gasteiger partial charge in [0.2, 0.25) is 5.91 Å². The highest BCUT2D eigenvalue weighted by Gasteiger charge is 2.48. The number of likely N-dealkylation sites (tertiary alicyclic amines) is 1. The molecule has 2 aromatic carbocycles. The van der Waals surface area contributed by atoms with Crippen LogP contribution in [0.5, 0.6) is 5.75 Å². The number of H-pyrrole nitrogens is 1. The molecule has 212 valence electrons. The summed E-state index contributed by atoms with van der Waals surface area (Å²) in [4.78, 5) is 35.1. The lowest BCUT2D eigenvalue weighted by molar-refractivity contribution is -0.139. The minimum Gasteiger partial charge on any atom is -0.453 e. The van der Waals surface area contributed by atoms with Crippen molar-refractivity contribution in [3.63, 3.8) is 0 Å². The third kappa shape index (κ3) is 5.45.